The molecule has 1 saturated heterocycles. The third-order valence-electron chi connectivity index (χ3n) is 4.35. The second-order valence-corrected chi connectivity index (χ2v) is 5.65. The molecule has 1 aliphatic heterocycles. The summed E-state index contributed by atoms with van der Waals surface area (Å²) in [5.74, 6) is 0.981. The summed E-state index contributed by atoms with van der Waals surface area (Å²) in [6, 6.07) is 2.03. The van der Waals surface area contributed by atoms with E-state index in [0.717, 1.165) is 30.8 Å². The number of anilines is 1. The molecule has 0 aromatic carbocycles. The van der Waals surface area contributed by atoms with Crippen molar-refractivity contribution in [3.63, 3.8) is 0 Å². The van der Waals surface area contributed by atoms with Crippen LogP contribution in [-0.2, 0) is 24.2 Å². The van der Waals surface area contributed by atoms with Crippen LogP contribution in [0, 0.1) is 0 Å². The smallest absolute Gasteiger partial charge is 0.242 e. The Bertz CT molecular complexity index is 529. The Labute approximate surface area is 119 Å². The predicted molar refractivity (Wildman–Crippen MR) is 78.6 cm³/mol. The van der Waals surface area contributed by atoms with Gasteiger partial charge in [-0.1, -0.05) is 0 Å². The highest BCUT2D eigenvalue weighted by molar-refractivity contribution is 5.86. The largest absolute Gasteiger partial charge is 0.353 e. The Balaban J connectivity index is 2.01. The number of hydrogen-bond donors (Lipinski definition) is 2. The van der Waals surface area contributed by atoms with E-state index in [1.165, 1.54) is 24.1 Å². The number of pyridine rings is 1. The van der Waals surface area contributed by atoms with Crippen LogP contribution in [0.15, 0.2) is 6.07 Å². The third-order valence-corrected chi connectivity index (χ3v) is 4.35. The molecule has 0 bridgehead atoms. The topological polar surface area (TPSA) is 71.2 Å². The number of amides is 1. The molecule has 5 heteroatoms. The Morgan fingerprint density at radius 2 is 2.25 bits per heavy atom. The number of fused-ring (bicyclic) bond motifs is 1. The summed E-state index contributed by atoms with van der Waals surface area (Å²) in [6.45, 7) is 3.87. The zero-order valence-corrected chi connectivity index (χ0v) is 12.0. The fourth-order valence-electron chi connectivity index (χ4n) is 3.14. The van der Waals surface area contributed by atoms with Gasteiger partial charge >= 0.3 is 0 Å². The summed E-state index contributed by atoms with van der Waals surface area (Å²) in [7, 11) is 0. The van der Waals surface area contributed by atoms with Gasteiger partial charge in [0.15, 0.2) is 0 Å². The van der Waals surface area contributed by atoms with Gasteiger partial charge in [-0.25, -0.2) is 4.98 Å². The number of carbonyl (C=O) groups is 1. The lowest BCUT2D eigenvalue weighted by molar-refractivity contribution is -0.122. The zero-order valence-electron chi connectivity index (χ0n) is 12.0. The number of piperazine rings is 1. The number of nitrogens with zero attached hydrogens (tertiary/aromatic N) is 2. The summed E-state index contributed by atoms with van der Waals surface area (Å²) >= 11 is 0. The molecule has 1 fully saturated rings. The highest BCUT2D eigenvalue weighted by Crippen LogP contribution is 2.28. The SMILES string of the molecule is CC1C(=O)NCCN1c1nc2c(cc1CN)CCCC2. The van der Waals surface area contributed by atoms with E-state index in [9.17, 15) is 4.79 Å². The minimum atomic E-state index is -0.178. The van der Waals surface area contributed by atoms with Gasteiger partial charge in [0.1, 0.15) is 11.9 Å². The average Bonchev–Trinajstić information content (AvgIpc) is 2.48. The highest BCUT2D eigenvalue weighted by atomic mass is 16.2. The monoisotopic (exact) mass is 274 g/mol. The molecule has 20 heavy (non-hydrogen) atoms. The van der Waals surface area contributed by atoms with Crippen LogP contribution >= 0.6 is 0 Å². The number of hydrogen-bond acceptors (Lipinski definition) is 4. The van der Waals surface area contributed by atoms with E-state index in [1.54, 1.807) is 0 Å². The molecule has 0 radical (unpaired) electrons. The maximum absolute atomic E-state index is 11.9. The van der Waals surface area contributed by atoms with Crippen molar-refractivity contribution in [3.05, 3.63) is 22.9 Å². The number of rotatable bonds is 2. The van der Waals surface area contributed by atoms with Crippen LogP contribution in [0.1, 0.15) is 36.6 Å². The maximum atomic E-state index is 11.9. The van der Waals surface area contributed by atoms with Crippen molar-refractivity contribution < 1.29 is 4.79 Å². The van der Waals surface area contributed by atoms with E-state index >= 15 is 0 Å². The van der Waals surface area contributed by atoms with Crippen molar-refractivity contribution in [2.75, 3.05) is 18.0 Å². The zero-order chi connectivity index (χ0) is 14.1. The molecular weight excluding hydrogens is 252 g/mol. The standard InChI is InChI=1S/C15H22N4O/c1-10-15(20)17-6-7-19(10)14-12(9-16)8-11-4-2-3-5-13(11)18-14/h8,10H,2-7,9,16H2,1H3,(H,17,20). The van der Waals surface area contributed by atoms with Gasteiger partial charge in [0.05, 0.1) is 0 Å². The molecule has 1 amide bonds. The number of aromatic nitrogens is 1. The van der Waals surface area contributed by atoms with Crippen LogP contribution in [0.5, 0.6) is 0 Å². The molecular formula is C15H22N4O. The van der Waals surface area contributed by atoms with Crippen LogP contribution in [0.4, 0.5) is 5.82 Å². The molecule has 3 N–H and O–H groups in total. The van der Waals surface area contributed by atoms with Gasteiger partial charge in [0.2, 0.25) is 5.91 Å². The first kappa shape index (κ1) is 13.4. The highest BCUT2D eigenvalue weighted by Gasteiger charge is 2.28. The van der Waals surface area contributed by atoms with Crippen LogP contribution in [-0.4, -0.2) is 30.0 Å². The molecule has 108 valence electrons. The lowest BCUT2D eigenvalue weighted by atomic mass is 9.94. The minimum absolute atomic E-state index is 0.0683. The van der Waals surface area contributed by atoms with Crippen LogP contribution in [0.2, 0.25) is 0 Å². The summed E-state index contributed by atoms with van der Waals surface area (Å²) in [5.41, 5.74) is 9.50. The molecule has 0 spiro atoms. The van der Waals surface area contributed by atoms with E-state index in [4.69, 9.17) is 10.7 Å². The molecule has 5 nitrogen and oxygen atoms in total. The van der Waals surface area contributed by atoms with E-state index in [2.05, 4.69) is 16.3 Å². The van der Waals surface area contributed by atoms with Crippen molar-refractivity contribution in [2.24, 2.45) is 5.73 Å². The van der Waals surface area contributed by atoms with E-state index in [0.29, 0.717) is 13.1 Å². The first-order valence-corrected chi connectivity index (χ1v) is 7.47. The second kappa shape index (κ2) is 5.40. The van der Waals surface area contributed by atoms with Gasteiger partial charge in [0.25, 0.3) is 0 Å². The van der Waals surface area contributed by atoms with Crippen molar-refractivity contribution in [2.45, 2.75) is 45.2 Å². The van der Waals surface area contributed by atoms with Gasteiger partial charge in [0, 0.05) is 30.9 Å². The second-order valence-electron chi connectivity index (χ2n) is 5.65. The lowest BCUT2D eigenvalue weighted by Gasteiger charge is -2.35. The minimum Gasteiger partial charge on any atom is -0.353 e. The van der Waals surface area contributed by atoms with Gasteiger partial charge in [-0.2, -0.15) is 0 Å². The number of carbonyl (C=O) groups excluding carboxylic acids is 1. The van der Waals surface area contributed by atoms with Crippen molar-refractivity contribution in [3.8, 4) is 0 Å². The fourth-order valence-corrected chi connectivity index (χ4v) is 3.14. The third kappa shape index (κ3) is 2.26. The Morgan fingerprint density at radius 3 is 3.05 bits per heavy atom. The Morgan fingerprint density at radius 1 is 1.45 bits per heavy atom. The average molecular weight is 274 g/mol. The lowest BCUT2D eigenvalue weighted by Crippen LogP contribution is -2.54. The number of aryl methyl sites for hydroxylation is 2. The van der Waals surface area contributed by atoms with Crippen molar-refractivity contribution >= 4 is 11.7 Å². The summed E-state index contributed by atoms with van der Waals surface area (Å²) in [4.78, 5) is 18.8. The molecule has 3 rings (SSSR count). The van der Waals surface area contributed by atoms with Gasteiger partial charge in [-0.05, 0) is 44.2 Å². The molecule has 0 saturated carbocycles. The first-order valence-electron chi connectivity index (χ1n) is 7.47. The number of nitrogens with two attached hydrogens (primary N) is 1. The molecule has 1 atom stereocenters. The first-order chi connectivity index (χ1) is 9.70. The van der Waals surface area contributed by atoms with Crippen LogP contribution < -0.4 is 16.0 Å². The van der Waals surface area contributed by atoms with E-state index in [-0.39, 0.29) is 11.9 Å². The normalized spacial score (nSPS) is 22.4. The van der Waals surface area contributed by atoms with E-state index in [1.807, 2.05) is 6.92 Å². The molecule has 1 aromatic rings. The molecule has 2 aliphatic rings. The summed E-state index contributed by atoms with van der Waals surface area (Å²) in [5, 5.41) is 2.89. The van der Waals surface area contributed by atoms with Gasteiger partial charge < -0.3 is 16.0 Å². The summed E-state index contributed by atoms with van der Waals surface area (Å²) in [6.07, 6.45) is 4.59. The molecule has 1 unspecified atom stereocenters. The predicted octanol–water partition coefficient (Wildman–Crippen LogP) is 0.744. The number of nitrogens with one attached hydrogen (secondary N) is 1. The van der Waals surface area contributed by atoms with Crippen LogP contribution in [0.25, 0.3) is 0 Å². The van der Waals surface area contributed by atoms with Crippen molar-refractivity contribution in [1.29, 1.82) is 0 Å². The molecule has 1 aliphatic carbocycles. The Hall–Kier alpha value is -1.62. The maximum Gasteiger partial charge on any atom is 0.242 e. The van der Waals surface area contributed by atoms with Gasteiger partial charge in [-0.3, -0.25) is 4.79 Å². The van der Waals surface area contributed by atoms with Crippen LogP contribution in [0.3, 0.4) is 0 Å². The molecule has 2 heterocycles. The molecule has 1 aromatic heterocycles. The Kier molecular flexibility index (Phi) is 3.61. The quantitative estimate of drug-likeness (QED) is 0.834. The van der Waals surface area contributed by atoms with E-state index < -0.39 is 0 Å². The van der Waals surface area contributed by atoms with Crippen molar-refractivity contribution in [1.82, 2.24) is 10.3 Å². The fraction of sp³-hybridized carbons (Fsp3) is 0.600. The van der Waals surface area contributed by atoms with Gasteiger partial charge in [-0.15, -0.1) is 0 Å². The summed E-state index contributed by atoms with van der Waals surface area (Å²) < 4.78 is 0.